The Hall–Kier alpha value is -3.57. The second kappa shape index (κ2) is 10.5. The second-order valence-corrected chi connectivity index (χ2v) is 12.2. The SMILES string of the molecule is CCOC(=O)c1c(N2C(N)=C(C#N)[C@@H](c3ccc(OCC)cc3)C3=C2CC(C)(C)CC3=O)sc2c1CCCC2. The van der Waals surface area contributed by atoms with Crippen LogP contribution in [0.15, 0.2) is 46.9 Å². The van der Waals surface area contributed by atoms with Gasteiger partial charge in [-0.25, -0.2) is 4.79 Å². The summed E-state index contributed by atoms with van der Waals surface area (Å²) in [5, 5.41) is 11.1. The van der Waals surface area contributed by atoms with Crippen LogP contribution in [0.25, 0.3) is 0 Å². The van der Waals surface area contributed by atoms with E-state index >= 15 is 0 Å². The van der Waals surface area contributed by atoms with Crippen molar-refractivity contribution in [1.29, 1.82) is 5.26 Å². The normalized spacial score (nSPS) is 20.3. The number of nitrogens with two attached hydrogens (primary N) is 1. The van der Waals surface area contributed by atoms with Crippen LogP contribution in [-0.2, 0) is 22.4 Å². The Morgan fingerprint density at radius 2 is 1.87 bits per heavy atom. The molecule has 7 nitrogen and oxygen atoms in total. The van der Waals surface area contributed by atoms with Gasteiger partial charge >= 0.3 is 5.97 Å². The average Bonchev–Trinajstić information content (AvgIpc) is 3.27. The highest BCUT2D eigenvalue weighted by Crippen LogP contribution is 2.53. The van der Waals surface area contributed by atoms with E-state index in [2.05, 4.69) is 19.9 Å². The molecule has 2 N–H and O–H groups in total. The molecule has 0 amide bonds. The van der Waals surface area contributed by atoms with Gasteiger partial charge in [-0.15, -0.1) is 11.3 Å². The molecule has 5 rings (SSSR count). The molecule has 39 heavy (non-hydrogen) atoms. The highest BCUT2D eigenvalue weighted by atomic mass is 32.1. The molecule has 8 heteroatoms. The summed E-state index contributed by atoms with van der Waals surface area (Å²) in [6, 6.07) is 9.87. The fourth-order valence-corrected chi connectivity index (χ4v) is 7.54. The van der Waals surface area contributed by atoms with Crippen molar-refractivity contribution in [3.05, 3.63) is 68.5 Å². The second-order valence-electron chi connectivity index (χ2n) is 11.1. The number of ketones is 1. The molecule has 0 saturated carbocycles. The van der Waals surface area contributed by atoms with Crippen molar-refractivity contribution in [1.82, 2.24) is 0 Å². The lowest BCUT2D eigenvalue weighted by Crippen LogP contribution is -2.42. The van der Waals surface area contributed by atoms with E-state index in [1.807, 2.05) is 36.1 Å². The standard InChI is InChI=1S/C31H35N3O4S/c1-5-37-19-13-11-18(12-14-19)25-21(17-32)28(33)34(22-15-31(3,4)16-23(35)27(22)25)29-26(30(36)38-6-2)20-9-7-8-10-24(20)39-29/h11-14,25H,5-10,15-16,33H2,1-4H3/t25-/m1/s1. The molecular weight excluding hydrogens is 510 g/mol. The number of fused-ring (bicyclic) bond motifs is 1. The Morgan fingerprint density at radius 3 is 2.54 bits per heavy atom. The van der Waals surface area contributed by atoms with E-state index in [-0.39, 0.29) is 29.6 Å². The molecule has 0 spiro atoms. The predicted molar refractivity (Wildman–Crippen MR) is 152 cm³/mol. The molecule has 0 saturated heterocycles. The van der Waals surface area contributed by atoms with Crippen molar-refractivity contribution in [2.24, 2.45) is 11.1 Å². The summed E-state index contributed by atoms with van der Waals surface area (Å²) in [6.07, 6.45) is 4.71. The van der Waals surface area contributed by atoms with Crippen molar-refractivity contribution in [2.75, 3.05) is 18.1 Å². The van der Waals surface area contributed by atoms with Gasteiger partial charge in [-0.3, -0.25) is 9.69 Å². The summed E-state index contributed by atoms with van der Waals surface area (Å²) in [5.74, 6) is 0.0356. The van der Waals surface area contributed by atoms with Gasteiger partial charge in [0.25, 0.3) is 0 Å². The van der Waals surface area contributed by atoms with Crippen LogP contribution in [0.3, 0.4) is 0 Å². The van der Waals surface area contributed by atoms with Crippen molar-refractivity contribution in [3.63, 3.8) is 0 Å². The van der Waals surface area contributed by atoms with Gasteiger partial charge in [0.15, 0.2) is 5.78 Å². The molecular formula is C31H35N3O4S. The zero-order valence-corrected chi connectivity index (χ0v) is 23.9. The monoisotopic (exact) mass is 545 g/mol. The predicted octanol–water partition coefficient (Wildman–Crippen LogP) is 6.14. The minimum absolute atomic E-state index is 0.00406. The van der Waals surface area contributed by atoms with Gasteiger partial charge in [0, 0.05) is 22.6 Å². The number of Topliss-reactive ketones (excluding diaryl/α,β-unsaturated/α-hetero) is 1. The largest absolute Gasteiger partial charge is 0.494 e. The number of carbonyl (C=O) groups is 2. The molecule has 3 aliphatic rings. The maximum absolute atomic E-state index is 13.9. The number of aryl methyl sites for hydroxylation is 1. The van der Waals surface area contributed by atoms with E-state index < -0.39 is 5.92 Å². The van der Waals surface area contributed by atoms with Gasteiger partial charge in [0.1, 0.15) is 16.6 Å². The van der Waals surface area contributed by atoms with Crippen molar-refractivity contribution < 1.29 is 19.1 Å². The number of nitrogens with zero attached hydrogens (tertiary/aromatic N) is 2. The van der Waals surface area contributed by atoms with E-state index in [1.54, 1.807) is 18.3 Å². The smallest absolute Gasteiger partial charge is 0.341 e. The van der Waals surface area contributed by atoms with E-state index in [9.17, 15) is 14.9 Å². The number of carbonyl (C=O) groups excluding carboxylic acids is 2. The summed E-state index contributed by atoms with van der Waals surface area (Å²) in [7, 11) is 0. The molecule has 2 aromatic rings. The summed E-state index contributed by atoms with van der Waals surface area (Å²) in [6.45, 7) is 8.67. The van der Waals surface area contributed by atoms with Crippen LogP contribution in [0.5, 0.6) is 5.75 Å². The van der Waals surface area contributed by atoms with Crippen LogP contribution in [0.4, 0.5) is 5.00 Å². The summed E-state index contributed by atoms with van der Waals surface area (Å²) < 4.78 is 11.1. The first kappa shape index (κ1) is 27.0. The lowest BCUT2D eigenvalue weighted by molar-refractivity contribution is -0.118. The highest BCUT2D eigenvalue weighted by molar-refractivity contribution is 7.16. The number of ether oxygens (including phenoxy) is 2. The van der Waals surface area contributed by atoms with E-state index in [0.717, 1.165) is 53.1 Å². The number of benzene rings is 1. The van der Waals surface area contributed by atoms with Crippen LogP contribution in [-0.4, -0.2) is 25.0 Å². The molecule has 0 radical (unpaired) electrons. The molecule has 2 aliphatic carbocycles. The maximum atomic E-state index is 13.9. The Bertz CT molecular complexity index is 1420. The number of anilines is 1. The van der Waals surface area contributed by atoms with Crippen LogP contribution in [0.2, 0.25) is 0 Å². The van der Waals surface area contributed by atoms with Crippen molar-refractivity contribution >= 4 is 28.1 Å². The van der Waals surface area contributed by atoms with Crippen LogP contribution >= 0.6 is 11.3 Å². The first-order valence-corrected chi connectivity index (χ1v) is 14.5. The Labute approximate surface area is 233 Å². The van der Waals surface area contributed by atoms with E-state index in [1.165, 1.54) is 0 Å². The lowest BCUT2D eigenvalue weighted by atomic mass is 9.68. The van der Waals surface area contributed by atoms with Crippen molar-refractivity contribution in [2.45, 2.75) is 72.1 Å². The number of hydrogen-bond acceptors (Lipinski definition) is 8. The fraction of sp³-hybridized carbons (Fsp3) is 0.452. The third-order valence-corrected chi connectivity index (χ3v) is 9.02. The lowest BCUT2D eigenvalue weighted by Gasteiger charge is -2.43. The Morgan fingerprint density at radius 1 is 1.15 bits per heavy atom. The van der Waals surface area contributed by atoms with Gasteiger partial charge in [-0.05, 0) is 74.6 Å². The molecule has 1 aromatic carbocycles. The molecule has 2 heterocycles. The van der Waals surface area contributed by atoms with Crippen molar-refractivity contribution in [3.8, 4) is 11.8 Å². The van der Waals surface area contributed by atoms with Gasteiger partial charge in [0.2, 0.25) is 0 Å². The maximum Gasteiger partial charge on any atom is 0.341 e. The van der Waals surface area contributed by atoms with E-state index in [0.29, 0.717) is 41.2 Å². The molecule has 1 aromatic heterocycles. The molecule has 1 aliphatic heterocycles. The third kappa shape index (κ3) is 4.74. The summed E-state index contributed by atoms with van der Waals surface area (Å²) in [4.78, 5) is 30.2. The number of rotatable bonds is 6. The molecule has 204 valence electrons. The Kier molecular flexibility index (Phi) is 7.30. The summed E-state index contributed by atoms with van der Waals surface area (Å²) in [5.41, 5.74) is 10.6. The minimum atomic E-state index is -0.582. The van der Waals surface area contributed by atoms with Gasteiger partial charge in [0.05, 0.1) is 36.3 Å². The quantitative estimate of drug-likeness (QED) is 0.434. The number of thiophene rings is 1. The van der Waals surface area contributed by atoms with Gasteiger partial charge in [-0.2, -0.15) is 5.26 Å². The van der Waals surface area contributed by atoms with Crippen LogP contribution in [0, 0.1) is 16.7 Å². The first-order valence-electron chi connectivity index (χ1n) is 13.7. The molecule has 0 unspecified atom stereocenters. The number of esters is 1. The zero-order valence-electron chi connectivity index (χ0n) is 23.1. The van der Waals surface area contributed by atoms with Gasteiger partial charge < -0.3 is 15.2 Å². The van der Waals surface area contributed by atoms with Crippen LogP contribution < -0.4 is 15.4 Å². The zero-order chi connectivity index (χ0) is 27.9. The summed E-state index contributed by atoms with van der Waals surface area (Å²) >= 11 is 1.54. The number of nitriles is 1. The number of hydrogen-bond donors (Lipinski definition) is 1. The van der Waals surface area contributed by atoms with E-state index in [4.69, 9.17) is 15.2 Å². The molecule has 1 atom stereocenters. The third-order valence-electron chi connectivity index (χ3n) is 7.74. The Balaban J connectivity index is 1.75. The first-order chi connectivity index (χ1) is 18.7. The number of allylic oxidation sites excluding steroid dienone is 3. The minimum Gasteiger partial charge on any atom is -0.494 e. The van der Waals surface area contributed by atoms with Crippen LogP contribution in [0.1, 0.15) is 85.7 Å². The highest BCUT2D eigenvalue weighted by Gasteiger charge is 2.46. The average molecular weight is 546 g/mol. The molecule has 0 fully saturated rings. The van der Waals surface area contributed by atoms with Gasteiger partial charge in [-0.1, -0.05) is 26.0 Å². The topological polar surface area (TPSA) is 106 Å². The fourth-order valence-electron chi connectivity index (χ4n) is 6.12. The molecule has 0 bridgehead atoms.